The highest BCUT2D eigenvalue weighted by molar-refractivity contribution is 6.30. The van der Waals surface area contributed by atoms with Gasteiger partial charge in [-0.15, -0.1) is 0 Å². The Kier molecular flexibility index (Phi) is 4.39. The minimum atomic E-state index is -0.356. The first kappa shape index (κ1) is 13.8. The minimum absolute atomic E-state index is 0.0475. The van der Waals surface area contributed by atoms with Crippen LogP contribution in [0.5, 0.6) is 0 Å². The lowest BCUT2D eigenvalue weighted by atomic mass is 10.2. The van der Waals surface area contributed by atoms with Crippen molar-refractivity contribution < 1.29 is 9.59 Å². The van der Waals surface area contributed by atoms with Crippen LogP contribution >= 0.6 is 11.6 Å². The lowest BCUT2D eigenvalue weighted by molar-refractivity contribution is -0.127. The molecule has 0 aromatic heterocycles. The van der Waals surface area contributed by atoms with E-state index in [4.69, 9.17) is 11.6 Å². The number of nitrogens with one attached hydrogen (secondary N) is 2. The van der Waals surface area contributed by atoms with E-state index in [2.05, 4.69) is 10.6 Å². The normalized spacial score (nSPS) is 17.7. The fourth-order valence-corrected chi connectivity index (χ4v) is 2.16. The van der Waals surface area contributed by atoms with Gasteiger partial charge in [0.25, 0.3) is 0 Å². The van der Waals surface area contributed by atoms with E-state index in [9.17, 15) is 9.59 Å². The molecule has 1 aliphatic heterocycles. The van der Waals surface area contributed by atoms with Crippen LogP contribution in [0, 0.1) is 0 Å². The molecule has 102 valence electrons. The first-order chi connectivity index (χ1) is 9.06. The van der Waals surface area contributed by atoms with Crippen LogP contribution in [0.25, 0.3) is 0 Å². The molecule has 2 amide bonds. The molecule has 5 nitrogen and oxygen atoms in total. The SMILES string of the molecule is C[C@@H](C(=O)Nc1cccc(Cl)c1)N1CCNC(=O)C1. The highest BCUT2D eigenvalue weighted by Gasteiger charge is 2.25. The summed E-state index contributed by atoms with van der Waals surface area (Å²) in [5, 5.41) is 6.10. The number of hydrogen-bond acceptors (Lipinski definition) is 3. The van der Waals surface area contributed by atoms with E-state index in [1.54, 1.807) is 31.2 Å². The third-order valence-corrected chi connectivity index (χ3v) is 3.32. The average molecular weight is 282 g/mol. The zero-order valence-electron chi connectivity index (χ0n) is 10.6. The lowest BCUT2D eigenvalue weighted by Crippen LogP contribution is -2.53. The maximum absolute atomic E-state index is 12.1. The monoisotopic (exact) mass is 281 g/mol. The van der Waals surface area contributed by atoms with E-state index in [0.717, 1.165) is 0 Å². The molecule has 0 spiro atoms. The van der Waals surface area contributed by atoms with E-state index in [0.29, 0.717) is 23.8 Å². The number of halogens is 1. The molecule has 1 saturated heterocycles. The highest BCUT2D eigenvalue weighted by Crippen LogP contribution is 2.15. The van der Waals surface area contributed by atoms with Crippen LogP contribution in [0.2, 0.25) is 5.02 Å². The average Bonchev–Trinajstić information content (AvgIpc) is 2.38. The zero-order valence-corrected chi connectivity index (χ0v) is 11.4. The van der Waals surface area contributed by atoms with Crippen LogP contribution < -0.4 is 10.6 Å². The van der Waals surface area contributed by atoms with Crippen molar-refractivity contribution in [2.75, 3.05) is 25.0 Å². The van der Waals surface area contributed by atoms with Gasteiger partial charge in [-0.2, -0.15) is 0 Å². The number of benzene rings is 1. The van der Waals surface area contributed by atoms with Crippen molar-refractivity contribution >= 4 is 29.1 Å². The molecule has 0 bridgehead atoms. The van der Waals surface area contributed by atoms with Gasteiger partial charge in [-0.1, -0.05) is 17.7 Å². The van der Waals surface area contributed by atoms with E-state index < -0.39 is 0 Å². The summed E-state index contributed by atoms with van der Waals surface area (Å²) in [6.45, 7) is 3.30. The third-order valence-electron chi connectivity index (χ3n) is 3.09. The molecule has 2 rings (SSSR count). The van der Waals surface area contributed by atoms with E-state index in [1.807, 2.05) is 4.90 Å². The predicted molar refractivity (Wildman–Crippen MR) is 74.1 cm³/mol. The number of piperazine rings is 1. The summed E-state index contributed by atoms with van der Waals surface area (Å²) >= 11 is 5.86. The smallest absolute Gasteiger partial charge is 0.241 e. The summed E-state index contributed by atoms with van der Waals surface area (Å²) < 4.78 is 0. The molecule has 6 heteroatoms. The van der Waals surface area contributed by atoms with Gasteiger partial charge in [0.05, 0.1) is 12.6 Å². The van der Waals surface area contributed by atoms with Crippen molar-refractivity contribution in [2.45, 2.75) is 13.0 Å². The maximum Gasteiger partial charge on any atom is 0.241 e. The van der Waals surface area contributed by atoms with Gasteiger partial charge in [0.15, 0.2) is 0 Å². The van der Waals surface area contributed by atoms with Gasteiger partial charge in [0.1, 0.15) is 0 Å². The molecular formula is C13H16ClN3O2. The lowest BCUT2D eigenvalue weighted by Gasteiger charge is -2.31. The van der Waals surface area contributed by atoms with Gasteiger partial charge in [-0.05, 0) is 25.1 Å². The number of nitrogens with zero attached hydrogens (tertiary/aromatic N) is 1. The predicted octanol–water partition coefficient (Wildman–Crippen LogP) is 1.10. The Labute approximate surface area is 116 Å². The van der Waals surface area contributed by atoms with Gasteiger partial charge in [0.2, 0.25) is 11.8 Å². The molecule has 2 N–H and O–H groups in total. The van der Waals surface area contributed by atoms with Crippen LogP contribution in [0.3, 0.4) is 0 Å². The van der Waals surface area contributed by atoms with Crippen molar-refractivity contribution in [3.63, 3.8) is 0 Å². The molecule has 1 fully saturated rings. The Morgan fingerprint density at radius 2 is 2.32 bits per heavy atom. The van der Waals surface area contributed by atoms with Crippen LogP contribution in [0.1, 0.15) is 6.92 Å². The number of carbonyl (C=O) groups is 2. The summed E-state index contributed by atoms with van der Waals surface area (Å²) in [5.41, 5.74) is 0.658. The van der Waals surface area contributed by atoms with Gasteiger partial charge in [-0.25, -0.2) is 0 Å². The van der Waals surface area contributed by atoms with Crippen LogP contribution in [0.15, 0.2) is 24.3 Å². The Bertz CT molecular complexity index is 493. The van der Waals surface area contributed by atoms with Gasteiger partial charge in [0, 0.05) is 23.8 Å². The Morgan fingerprint density at radius 3 is 3.00 bits per heavy atom. The van der Waals surface area contributed by atoms with Crippen molar-refractivity contribution in [2.24, 2.45) is 0 Å². The van der Waals surface area contributed by atoms with E-state index in [-0.39, 0.29) is 24.4 Å². The second-order valence-corrected chi connectivity index (χ2v) is 4.93. The first-order valence-electron chi connectivity index (χ1n) is 6.13. The molecule has 1 aliphatic rings. The second-order valence-electron chi connectivity index (χ2n) is 4.50. The number of carbonyl (C=O) groups excluding carboxylic acids is 2. The summed E-state index contributed by atoms with van der Waals surface area (Å²) in [7, 11) is 0. The van der Waals surface area contributed by atoms with Gasteiger partial charge in [-0.3, -0.25) is 14.5 Å². The van der Waals surface area contributed by atoms with E-state index in [1.165, 1.54) is 0 Å². The fourth-order valence-electron chi connectivity index (χ4n) is 1.97. The molecular weight excluding hydrogens is 266 g/mol. The van der Waals surface area contributed by atoms with Crippen molar-refractivity contribution in [1.29, 1.82) is 0 Å². The van der Waals surface area contributed by atoms with E-state index >= 15 is 0 Å². The largest absolute Gasteiger partial charge is 0.354 e. The quantitative estimate of drug-likeness (QED) is 0.872. The topological polar surface area (TPSA) is 61.4 Å². The molecule has 0 saturated carbocycles. The van der Waals surface area contributed by atoms with Crippen molar-refractivity contribution in [3.8, 4) is 0 Å². The minimum Gasteiger partial charge on any atom is -0.354 e. The molecule has 1 aromatic carbocycles. The standard InChI is InChI=1S/C13H16ClN3O2/c1-9(17-6-5-15-12(18)8-17)13(19)16-11-4-2-3-10(14)7-11/h2-4,7,9H,5-6,8H2,1H3,(H,15,18)(H,16,19)/t9-/m0/s1. The summed E-state index contributed by atoms with van der Waals surface area (Å²) in [6.07, 6.45) is 0. The number of anilines is 1. The molecule has 1 atom stereocenters. The molecule has 1 aromatic rings. The number of amides is 2. The van der Waals surface area contributed by atoms with Gasteiger partial charge >= 0.3 is 0 Å². The van der Waals surface area contributed by atoms with Crippen molar-refractivity contribution in [3.05, 3.63) is 29.3 Å². The zero-order chi connectivity index (χ0) is 13.8. The van der Waals surface area contributed by atoms with Gasteiger partial charge < -0.3 is 10.6 Å². The molecule has 0 radical (unpaired) electrons. The fraction of sp³-hybridized carbons (Fsp3) is 0.385. The Morgan fingerprint density at radius 1 is 1.53 bits per heavy atom. The van der Waals surface area contributed by atoms with Crippen LogP contribution in [0.4, 0.5) is 5.69 Å². The summed E-state index contributed by atoms with van der Waals surface area (Å²) in [6, 6.07) is 6.63. The second kappa shape index (κ2) is 6.04. The molecule has 0 unspecified atom stereocenters. The Balaban J connectivity index is 1.97. The number of rotatable bonds is 3. The molecule has 0 aliphatic carbocycles. The van der Waals surface area contributed by atoms with Crippen LogP contribution in [-0.2, 0) is 9.59 Å². The highest BCUT2D eigenvalue weighted by atomic mass is 35.5. The van der Waals surface area contributed by atoms with Crippen molar-refractivity contribution in [1.82, 2.24) is 10.2 Å². The Hall–Kier alpha value is -1.59. The third kappa shape index (κ3) is 3.68. The first-order valence-corrected chi connectivity index (χ1v) is 6.51. The molecule has 19 heavy (non-hydrogen) atoms. The molecule has 1 heterocycles. The maximum atomic E-state index is 12.1. The summed E-state index contributed by atoms with van der Waals surface area (Å²) in [4.78, 5) is 25.2. The summed E-state index contributed by atoms with van der Waals surface area (Å²) in [5.74, 6) is -0.189. The number of hydrogen-bond donors (Lipinski definition) is 2. The van der Waals surface area contributed by atoms with Crippen LogP contribution in [-0.4, -0.2) is 42.4 Å².